The van der Waals surface area contributed by atoms with Gasteiger partial charge in [-0.3, -0.25) is 4.79 Å². The first-order valence-electron chi connectivity index (χ1n) is 9.65. The van der Waals surface area contributed by atoms with E-state index in [0.717, 1.165) is 61.4 Å². The SMILES string of the molecule is Cc1ccc(-c2nc(C(=O)N3CCC(C4CCNC4)CC3)cs2)c(C)c1. The molecular weight excluding hydrogens is 342 g/mol. The minimum Gasteiger partial charge on any atom is -0.337 e. The third-order valence-corrected chi connectivity index (χ3v) is 6.80. The first-order chi connectivity index (χ1) is 12.6. The van der Waals surface area contributed by atoms with E-state index in [1.54, 1.807) is 11.3 Å². The van der Waals surface area contributed by atoms with Crippen molar-refractivity contribution in [2.45, 2.75) is 33.1 Å². The molecule has 26 heavy (non-hydrogen) atoms. The van der Waals surface area contributed by atoms with E-state index < -0.39 is 0 Å². The third-order valence-electron chi connectivity index (χ3n) is 5.93. The third kappa shape index (κ3) is 3.55. The molecular formula is C21H27N3OS. The van der Waals surface area contributed by atoms with Crippen LogP contribution >= 0.6 is 11.3 Å². The van der Waals surface area contributed by atoms with Crippen molar-refractivity contribution >= 4 is 17.2 Å². The van der Waals surface area contributed by atoms with Gasteiger partial charge in [0.05, 0.1) is 0 Å². The maximum Gasteiger partial charge on any atom is 0.273 e. The van der Waals surface area contributed by atoms with Gasteiger partial charge in [0.1, 0.15) is 10.7 Å². The zero-order chi connectivity index (χ0) is 18.1. The average molecular weight is 370 g/mol. The fraction of sp³-hybridized carbons (Fsp3) is 0.524. The smallest absolute Gasteiger partial charge is 0.273 e. The fourth-order valence-electron chi connectivity index (χ4n) is 4.36. The second-order valence-electron chi connectivity index (χ2n) is 7.74. The van der Waals surface area contributed by atoms with Crippen molar-refractivity contribution in [3.8, 4) is 10.6 Å². The molecule has 3 heterocycles. The van der Waals surface area contributed by atoms with Crippen LogP contribution in [0.5, 0.6) is 0 Å². The van der Waals surface area contributed by atoms with Crippen LogP contribution in [0.2, 0.25) is 0 Å². The van der Waals surface area contributed by atoms with Crippen LogP contribution < -0.4 is 5.32 Å². The lowest BCUT2D eigenvalue weighted by Crippen LogP contribution is -2.40. The second kappa shape index (κ2) is 7.49. The molecule has 4 nitrogen and oxygen atoms in total. The number of amides is 1. The van der Waals surface area contributed by atoms with Crippen molar-refractivity contribution in [3.05, 3.63) is 40.4 Å². The summed E-state index contributed by atoms with van der Waals surface area (Å²) in [5.41, 5.74) is 4.20. The van der Waals surface area contributed by atoms with Gasteiger partial charge in [0.2, 0.25) is 0 Å². The Hall–Kier alpha value is -1.72. The van der Waals surface area contributed by atoms with Crippen LogP contribution in [-0.2, 0) is 0 Å². The Balaban J connectivity index is 1.42. The molecule has 4 rings (SSSR count). The molecule has 1 aromatic heterocycles. The summed E-state index contributed by atoms with van der Waals surface area (Å²) in [7, 11) is 0. The number of aryl methyl sites for hydroxylation is 2. The van der Waals surface area contributed by atoms with E-state index in [-0.39, 0.29) is 5.91 Å². The van der Waals surface area contributed by atoms with Crippen molar-refractivity contribution in [2.75, 3.05) is 26.2 Å². The zero-order valence-electron chi connectivity index (χ0n) is 15.6. The van der Waals surface area contributed by atoms with Crippen molar-refractivity contribution in [1.29, 1.82) is 0 Å². The van der Waals surface area contributed by atoms with Crippen LogP contribution in [0.4, 0.5) is 0 Å². The van der Waals surface area contributed by atoms with Gasteiger partial charge < -0.3 is 10.2 Å². The normalized spacial score (nSPS) is 21.3. The van der Waals surface area contributed by atoms with Crippen molar-refractivity contribution < 1.29 is 4.79 Å². The van der Waals surface area contributed by atoms with Gasteiger partial charge >= 0.3 is 0 Å². The highest BCUT2D eigenvalue weighted by Crippen LogP contribution is 2.31. The maximum absolute atomic E-state index is 12.9. The van der Waals surface area contributed by atoms with Crippen LogP contribution in [0, 0.1) is 25.7 Å². The minimum absolute atomic E-state index is 0.0975. The molecule has 0 saturated carbocycles. The number of piperidine rings is 1. The monoisotopic (exact) mass is 369 g/mol. The molecule has 0 aliphatic carbocycles. The van der Waals surface area contributed by atoms with E-state index in [1.165, 1.54) is 17.5 Å². The van der Waals surface area contributed by atoms with E-state index in [1.807, 2.05) is 10.3 Å². The second-order valence-corrected chi connectivity index (χ2v) is 8.60. The molecule has 2 fully saturated rings. The maximum atomic E-state index is 12.9. The summed E-state index contributed by atoms with van der Waals surface area (Å²) in [6.07, 6.45) is 3.56. The number of benzene rings is 1. The summed E-state index contributed by atoms with van der Waals surface area (Å²) in [5, 5.41) is 6.33. The van der Waals surface area contributed by atoms with Gasteiger partial charge in [0.25, 0.3) is 5.91 Å². The Kier molecular flexibility index (Phi) is 5.09. The molecule has 2 saturated heterocycles. The number of thiazole rings is 1. The minimum atomic E-state index is 0.0975. The fourth-order valence-corrected chi connectivity index (χ4v) is 5.25. The van der Waals surface area contributed by atoms with Crippen molar-refractivity contribution in [3.63, 3.8) is 0 Å². The Bertz CT molecular complexity index is 786. The number of nitrogens with one attached hydrogen (secondary N) is 1. The predicted octanol–water partition coefficient (Wildman–Crippen LogP) is 3.89. The summed E-state index contributed by atoms with van der Waals surface area (Å²) in [4.78, 5) is 19.5. The van der Waals surface area contributed by atoms with Gasteiger partial charge in [-0.05, 0) is 63.6 Å². The van der Waals surface area contributed by atoms with Gasteiger partial charge in [-0.2, -0.15) is 0 Å². The number of carbonyl (C=O) groups is 1. The average Bonchev–Trinajstić information content (AvgIpc) is 3.33. The summed E-state index contributed by atoms with van der Waals surface area (Å²) >= 11 is 1.57. The molecule has 138 valence electrons. The Morgan fingerprint density at radius 1 is 1.19 bits per heavy atom. The lowest BCUT2D eigenvalue weighted by atomic mass is 9.84. The van der Waals surface area contributed by atoms with Crippen molar-refractivity contribution in [2.24, 2.45) is 11.8 Å². The number of aromatic nitrogens is 1. The molecule has 1 amide bonds. The van der Waals surface area contributed by atoms with Crippen LogP contribution in [0.1, 0.15) is 40.9 Å². The number of nitrogens with zero attached hydrogens (tertiary/aromatic N) is 2. The standard InChI is InChI=1S/C21H27N3OS/c1-14-3-4-18(15(2)11-14)20-23-19(13-26-20)21(25)24-9-6-16(7-10-24)17-5-8-22-12-17/h3-4,11,13,16-17,22H,5-10,12H2,1-2H3. The Morgan fingerprint density at radius 2 is 2.00 bits per heavy atom. The van der Waals surface area contributed by atoms with Gasteiger partial charge in [0.15, 0.2) is 0 Å². The molecule has 0 radical (unpaired) electrons. The van der Waals surface area contributed by atoms with E-state index in [9.17, 15) is 4.79 Å². The van der Waals surface area contributed by atoms with Crippen LogP contribution in [0.15, 0.2) is 23.6 Å². The first-order valence-corrected chi connectivity index (χ1v) is 10.5. The molecule has 1 atom stereocenters. The summed E-state index contributed by atoms with van der Waals surface area (Å²) < 4.78 is 0. The first kappa shape index (κ1) is 17.7. The highest BCUT2D eigenvalue weighted by atomic mass is 32.1. The molecule has 1 N–H and O–H groups in total. The molecule has 2 aromatic rings. The largest absolute Gasteiger partial charge is 0.337 e. The van der Waals surface area contributed by atoms with E-state index in [2.05, 4.69) is 42.3 Å². The lowest BCUT2D eigenvalue weighted by molar-refractivity contribution is 0.0658. The van der Waals surface area contributed by atoms with Gasteiger partial charge in [-0.1, -0.05) is 23.8 Å². The van der Waals surface area contributed by atoms with Crippen LogP contribution in [0.3, 0.4) is 0 Å². The number of hydrogen-bond acceptors (Lipinski definition) is 4. The summed E-state index contributed by atoms with van der Waals surface area (Å²) in [6, 6.07) is 6.38. The molecule has 1 unspecified atom stereocenters. The van der Waals surface area contributed by atoms with Gasteiger partial charge in [0, 0.05) is 24.0 Å². The molecule has 0 bridgehead atoms. The molecule has 5 heteroatoms. The van der Waals surface area contributed by atoms with Crippen LogP contribution in [-0.4, -0.2) is 42.0 Å². The topological polar surface area (TPSA) is 45.2 Å². The lowest BCUT2D eigenvalue weighted by Gasteiger charge is -2.34. The zero-order valence-corrected chi connectivity index (χ0v) is 16.4. The molecule has 1 aromatic carbocycles. The quantitative estimate of drug-likeness (QED) is 0.893. The van der Waals surface area contributed by atoms with E-state index in [0.29, 0.717) is 5.69 Å². The molecule has 2 aliphatic heterocycles. The summed E-state index contributed by atoms with van der Waals surface area (Å²) in [5.74, 6) is 1.68. The Labute approximate surface area is 159 Å². The number of likely N-dealkylation sites (tertiary alicyclic amines) is 1. The van der Waals surface area contributed by atoms with Crippen molar-refractivity contribution in [1.82, 2.24) is 15.2 Å². The Morgan fingerprint density at radius 3 is 2.69 bits per heavy atom. The highest BCUT2D eigenvalue weighted by Gasteiger charge is 2.31. The summed E-state index contributed by atoms with van der Waals surface area (Å²) in [6.45, 7) is 8.26. The van der Waals surface area contributed by atoms with E-state index in [4.69, 9.17) is 0 Å². The van der Waals surface area contributed by atoms with Crippen LogP contribution in [0.25, 0.3) is 10.6 Å². The highest BCUT2D eigenvalue weighted by molar-refractivity contribution is 7.13. The number of carbonyl (C=O) groups excluding carboxylic acids is 1. The number of rotatable bonds is 3. The molecule has 0 spiro atoms. The number of hydrogen-bond donors (Lipinski definition) is 1. The van der Waals surface area contributed by atoms with Gasteiger partial charge in [-0.15, -0.1) is 11.3 Å². The predicted molar refractivity (Wildman–Crippen MR) is 107 cm³/mol. The van der Waals surface area contributed by atoms with E-state index >= 15 is 0 Å². The molecule has 2 aliphatic rings. The van der Waals surface area contributed by atoms with Gasteiger partial charge in [-0.25, -0.2) is 4.98 Å².